The van der Waals surface area contributed by atoms with Crippen molar-refractivity contribution in [1.82, 2.24) is 25.4 Å². The van der Waals surface area contributed by atoms with Crippen LogP contribution in [0.25, 0.3) is 0 Å². The number of aliphatic imine (C=N–C) groups is 1. The number of nitrogens with zero attached hydrogens (tertiary/aromatic N) is 4. The molecule has 1 aliphatic heterocycles. The van der Waals surface area contributed by atoms with E-state index >= 15 is 0 Å². The predicted octanol–water partition coefficient (Wildman–Crippen LogP) is 4.67. The topological polar surface area (TPSA) is 69.2 Å². The number of aromatic amines is 1. The SMILES string of the molecule is CCNC(=NCC1(Sc2ccccc2)CCCC1)N1CCC(c2ncn[nH]2)CC1.I. The Morgan fingerprint density at radius 2 is 1.97 bits per heavy atom. The Morgan fingerprint density at radius 3 is 2.60 bits per heavy atom. The molecule has 0 unspecified atom stereocenters. The Hall–Kier alpha value is -1.29. The molecule has 0 bridgehead atoms. The normalized spacial score (nSPS) is 19.5. The lowest BCUT2D eigenvalue weighted by atomic mass is 9.96. The molecule has 2 fully saturated rings. The van der Waals surface area contributed by atoms with E-state index in [9.17, 15) is 0 Å². The summed E-state index contributed by atoms with van der Waals surface area (Å²) >= 11 is 2.03. The average molecular weight is 541 g/mol. The first kappa shape index (κ1) is 23.4. The smallest absolute Gasteiger partial charge is 0.193 e. The number of hydrogen-bond donors (Lipinski definition) is 2. The maximum atomic E-state index is 5.15. The molecule has 1 aromatic heterocycles. The summed E-state index contributed by atoms with van der Waals surface area (Å²) in [5, 5.41) is 10.6. The summed E-state index contributed by atoms with van der Waals surface area (Å²) < 4.78 is 0.236. The van der Waals surface area contributed by atoms with Gasteiger partial charge >= 0.3 is 0 Å². The van der Waals surface area contributed by atoms with Gasteiger partial charge in [-0.3, -0.25) is 10.1 Å². The number of aromatic nitrogens is 3. The molecule has 2 aromatic rings. The monoisotopic (exact) mass is 540 g/mol. The first-order valence-electron chi connectivity index (χ1n) is 10.9. The predicted molar refractivity (Wildman–Crippen MR) is 135 cm³/mol. The number of likely N-dealkylation sites (tertiary alicyclic amines) is 1. The van der Waals surface area contributed by atoms with Crippen molar-refractivity contribution in [2.45, 2.75) is 61.0 Å². The van der Waals surface area contributed by atoms with Crippen molar-refractivity contribution in [2.75, 3.05) is 26.2 Å². The van der Waals surface area contributed by atoms with Crippen molar-refractivity contribution in [3.8, 4) is 0 Å². The molecule has 164 valence electrons. The van der Waals surface area contributed by atoms with Crippen molar-refractivity contribution in [3.05, 3.63) is 42.5 Å². The minimum atomic E-state index is 0. The second kappa shape index (κ2) is 11.4. The average Bonchev–Trinajstić information content (AvgIpc) is 3.45. The molecule has 4 rings (SSSR count). The maximum Gasteiger partial charge on any atom is 0.193 e. The van der Waals surface area contributed by atoms with E-state index in [2.05, 4.69) is 62.7 Å². The molecule has 0 amide bonds. The van der Waals surface area contributed by atoms with E-state index in [1.807, 2.05) is 11.8 Å². The van der Waals surface area contributed by atoms with E-state index in [4.69, 9.17) is 4.99 Å². The summed E-state index contributed by atoms with van der Waals surface area (Å²) in [6.45, 7) is 5.96. The standard InChI is InChI=1S/C22H32N6S.HI/c1-2-23-21(28-14-10-18(11-15-28)20-25-17-26-27-20)24-16-22(12-6-7-13-22)29-19-8-4-3-5-9-19;/h3-5,8-9,17-18H,2,6-7,10-16H2,1H3,(H,23,24)(H,25,26,27);1H. The van der Waals surface area contributed by atoms with Gasteiger partial charge in [-0.15, -0.1) is 35.7 Å². The van der Waals surface area contributed by atoms with Gasteiger partial charge in [-0.1, -0.05) is 31.0 Å². The third-order valence-corrected chi connectivity index (χ3v) is 7.54. The Labute approximate surface area is 201 Å². The molecular formula is C22H33IN6S. The molecule has 8 heteroatoms. The minimum absolute atomic E-state index is 0. The number of H-pyrrole nitrogens is 1. The number of piperidine rings is 1. The lowest BCUT2D eigenvalue weighted by Crippen LogP contribution is -2.46. The van der Waals surface area contributed by atoms with Crippen molar-refractivity contribution in [2.24, 2.45) is 4.99 Å². The van der Waals surface area contributed by atoms with Crippen LogP contribution in [0.4, 0.5) is 0 Å². The van der Waals surface area contributed by atoms with Crippen LogP contribution < -0.4 is 5.32 Å². The van der Waals surface area contributed by atoms with Gasteiger partial charge in [0.2, 0.25) is 0 Å². The molecule has 2 aliphatic rings. The van der Waals surface area contributed by atoms with Crippen LogP contribution in [0.3, 0.4) is 0 Å². The van der Waals surface area contributed by atoms with Gasteiger partial charge < -0.3 is 10.2 Å². The van der Waals surface area contributed by atoms with Gasteiger partial charge in [0.1, 0.15) is 12.2 Å². The van der Waals surface area contributed by atoms with Crippen LogP contribution in [0, 0.1) is 0 Å². The number of thioether (sulfide) groups is 1. The highest BCUT2D eigenvalue weighted by atomic mass is 127. The first-order valence-corrected chi connectivity index (χ1v) is 11.7. The summed E-state index contributed by atoms with van der Waals surface area (Å²) in [4.78, 5) is 13.3. The van der Waals surface area contributed by atoms with E-state index in [0.717, 1.165) is 50.8 Å². The fourth-order valence-electron chi connectivity index (χ4n) is 4.47. The van der Waals surface area contributed by atoms with Crippen molar-refractivity contribution in [1.29, 1.82) is 0 Å². The quantitative estimate of drug-likeness (QED) is 0.317. The number of hydrogen-bond acceptors (Lipinski definition) is 4. The summed E-state index contributed by atoms with van der Waals surface area (Å²) in [5.41, 5.74) is 0. The van der Waals surface area contributed by atoms with Gasteiger partial charge in [0, 0.05) is 35.2 Å². The van der Waals surface area contributed by atoms with Crippen molar-refractivity contribution < 1.29 is 0 Å². The second-order valence-electron chi connectivity index (χ2n) is 8.11. The number of nitrogens with one attached hydrogen (secondary N) is 2. The third kappa shape index (κ3) is 5.90. The third-order valence-electron chi connectivity index (χ3n) is 6.06. The van der Waals surface area contributed by atoms with E-state index in [1.54, 1.807) is 6.33 Å². The number of guanidine groups is 1. The lowest BCUT2D eigenvalue weighted by Gasteiger charge is -2.34. The summed E-state index contributed by atoms with van der Waals surface area (Å²) in [6.07, 6.45) is 8.92. The lowest BCUT2D eigenvalue weighted by molar-refractivity contribution is 0.298. The Balaban J connectivity index is 0.00000256. The van der Waals surface area contributed by atoms with Crippen molar-refractivity contribution in [3.63, 3.8) is 0 Å². The van der Waals surface area contributed by atoms with Gasteiger partial charge in [0.05, 0.1) is 6.54 Å². The molecular weight excluding hydrogens is 507 g/mol. The number of benzene rings is 1. The van der Waals surface area contributed by atoms with Crippen LogP contribution in [0.2, 0.25) is 0 Å². The Bertz CT molecular complexity index is 768. The molecule has 2 N–H and O–H groups in total. The summed E-state index contributed by atoms with van der Waals surface area (Å²) in [6, 6.07) is 10.8. The first-order chi connectivity index (χ1) is 14.3. The molecule has 2 heterocycles. The number of rotatable bonds is 6. The van der Waals surface area contributed by atoms with Crippen LogP contribution in [-0.4, -0.2) is 57.0 Å². The fraction of sp³-hybridized carbons (Fsp3) is 0.591. The molecule has 30 heavy (non-hydrogen) atoms. The number of halogens is 1. The fourth-order valence-corrected chi connectivity index (χ4v) is 5.89. The van der Waals surface area contributed by atoms with Gasteiger partial charge in [0.15, 0.2) is 5.96 Å². The van der Waals surface area contributed by atoms with Crippen LogP contribution in [-0.2, 0) is 0 Å². The molecule has 1 aliphatic carbocycles. The summed E-state index contributed by atoms with van der Waals surface area (Å²) in [7, 11) is 0. The zero-order chi connectivity index (χ0) is 19.9. The zero-order valence-electron chi connectivity index (χ0n) is 17.7. The molecule has 1 saturated heterocycles. The van der Waals surface area contributed by atoms with Gasteiger partial charge in [0.25, 0.3) is 0 Å². The Kier molecular flexibility index (Phi) is 8.85. The van der Waals surface area contributed by atoms with Gasteiger partial charge in [-0.25, -0.2) is 4.98 Å². The molecule has 0 atom stereocenters. The molecule has 0 radical (unpaired) electrons. The molecule has 0 spiro atoms. The highest BCUT2D eigenvalue weighted by Gasteiger charge is 2.35. The van der Waals surface area contributed by atoms with Crippen LogP contribution in [0.5, 0.6) is 0 Å². The van der Waals surface area contributed by atoms with E-state index < -0.39 is 0 Å². The molecule has 1 saturated carbocycles. The summed E-state index contributed by atoms with van der Waals surface area (Å²) in [5.74, 6) is 2.57. The Morgan fingerprint density at radius 1 is 1.23 bits per heavy atom. The van der Waals surface area contributed by atoms with E-state index in [-0.39, 0.29) is 28.7 Å². The van der Waals surface area contributed by atoms with Crippen LogP contribution >= 0.6 is 35.7 Å². The molecule has 1 aromatic carbocycles. The highest BCUT2D eigenvalue weighted by Crippen LogP contribution is 2.45. The largest absolute Gasteiger partial charge is 0.357 e. The highest BCUT2D eigenvalue weighted by molar-refractivity contribution is 14.0. The van der Waals surface area contributed by atoms with Crippen LogP contribution in [0.1, 0.15) is 57.2 Å². The maximum absolute atomic E-state index is 5.15. The zero-order valence-corrected chi connectivity index (χ0v) is 20.9. The van der Waals surface area contributed by atoms with Crippen LogP contribution in [0.15, 0.2) is 46.5 Å². The van der Waals surface area contributed by atoms with Gasteiger partial charge in [-0.05, 0) is 44.7 Å². The van der Waals surface area contributed by atoms with E-state index in [0.29, 0.717) is 5.92 Å². The minimum Gasteiger partial charge on any atom is -0.357 e. The van der Waals surface area contributed by atoms with E-state index in [1.165, 1.54) is 30.6 Å². The second-order valence-corrected chi connectivity index (χ2v) is 9.65. The molecule has 6 nitrogen and oxygen atoms in total. The van der Waals surface area contributed by atoms with Crippen molar-refractivity contribution >= 4 is 41.7 Å². The van der Waals surface area contributed by atoms with Gasteiger partial charge in [-0.2, -0.15) is 5.10 Å².